The van der Waals surface area contributed by atoms with Crippen molar-refractivity contribution in [2.45, 2.75) is 0 Å². The molecule has 122 valence electrons. The summed E-state index contributed by atoms with van der Waals surface area (Å²) in [5, 5.41) is 2.23. The van der Waals surface area contributed by atoms with Crippen molar-refractivity contribution in [2.75, 3.05) is 26.3 Å². The van der Waals surface area contributed by atoms with Crippen molar-refractivity contribution < 1.29 is 33.0 Å². The number of nitrogens with zero attached hydrogens (tertiary/aromatic N) is 1. The van der Waals surface area contributed by atoms with E-state index < -0.39 is 42.8 Å². The molecule has 0 aliphatic carbocycles. The Hall–Kier alpha value is -2.97. The zero-order chi connectivity index (χ0) is 16.8. The fraction of sp³-hybridized carbons (Fsp3) is 0.286. The van der Waals surface area contributed by atoms with E-state index in [1.54, 1.807) is 0 Å². The first-order chi connectivity index (χ1) is 11.0. The third-order valence-corrected chi connectivity index (χ3v) is 2.90. The van der Waals surface area contributed by atoms with Crippen LogP contribution in [0.25, 0.3) is 0 Å². The first-order valence-corrected chi connectivity index (χ1v) is 6.64. The molecule has 1 aliphatic heterocycles. The number of hydrogen-bond donors (Lipinski definition) is 1. The number of benzene rings is 1. The van der Waals surface area contributed by atoms with Crippen molar-refractivity contribution in [1.29, 1.82) is 0 Å². The summed E-state index contributed by atoms with van der Waals surface area (Å²) < 4.78 is 22.2. The second-order valence-corrected chi connectivity index (χ2v) is 4.51. The Bertz CT molecular complexity index is 648. The molecular formula is C14H13FN2O6. The number of hydrogen-bond acceptors (Lipinski definition) is 6. The average molecular weight is 324 g/mol. The van der Waals surface area contributed by atoms with Crippen LogP contribution in [0.1, 0.15) is 10.4 Å². The van der Waals surface area contributed by atoms with Gasteiger partial charge in [-0.3, -0.25) is 14.4 Å². The van der Waals surface area contributed by atoms with Gasteiger partial charge in [0.2, 0.25) is 0 Å². The summed E-state index contributed by atoms with van der Waals surface area (Å²) in [4.78, 5) is 46.6. The molecule has 9 heteroatoms. The largest absolute Gasteiger partial charge is 0.454 e. The lowest BCUT2D eigenvalue weighted by atomic mass is 10.2. The maximum absolute atomic E-state index is 13.0. The molecule has 3 amide bonds. The molecule has 0 spiro atoms. The van der Waals surface area contributed by atoms with Gasteiger partial charge in [-0.05, 0) is 18.2 Å². The number of amides is 3. The number of imide groups is 1. The molecule has 0 atom stereocenters. The number of nitrogens with one attached hydrogen (secondary N) is 1. The third-order valence-electron chi connectivity index (χ3n) is 2.90. The highest BCUT2D eigenvalue weighted by atomic mass is 19.1. The van der Waals surface area contributed by atoms with Crippen LogP contribution in [0.5, 0.6) is 0 Å². The van der Waals surface area contributed by atoms with E-state index in [0.29, 0.717) is 0 Å². The van der Waals surface area contributed by atoms with E-state index in [-0.39, 0.29) is 18.7 Å². The van der Waals surface area contributed by atoms with Crippen LogP contribution in [-0.4, -0.2) is 55.1 Å². The van der Waals surface area contributed by atoms with Crippen molar-refractivity contribution in [3.05, 3.63) is 35.6 Å². The van der Waals surface area contributed by atoms with Crippen LogP contribution in [0.15, 0.2) is 24.3 Å². The minimum Gasteiger partial charge on any atom is -0.454 e. The molecule has 1 N–H and O–H groups in total. The molecule has 1 fully saturated rings. The predicted octanol–water partition coefficient (Wildman–Crippen LogP) is 0.0775. The minimum atomic E-state index is -0.865. The highest BCUT2D eigenvalue weighted by Crippen LogP contribution is 2.04. The third kappa shape index (κ3) is 4.50. The molecule has 1 aromatic carbocycles. The Labute approximate surface area is 130 Å². The predicted molar refractivity (Wildman–Crippen MR) is 72.8 cm³/mol. The van der Waals surface area contributed by atoms with E-state index in [9.17, 15) is 23.6 Å². The maximum Gasteiger partial charge on any atom is 0.416 e. The number of rotatable bonds is 5. The fourth-order valence-electron chi connectivity index (χ4n) is 1.78. The van der Waals surface area contributed by atoms with Crippen molar-refractivity contribution in [3.63, 3.8) is 0 Å². The Morgan fingerprint density at radius 1 is 1.35 bits per heavy atom. The zero-order valence-corrected chi connectivity index (χ0v) is 11.9. The molecule has 0 aromatic heterocycles. The van der Waals surface area contributed by atoms with Crippen molar-refractivity contribution in [2.24, 2.45) is 0 Å². The molecule has 1 aliphatic rings. The fourth-order valence-corrected chi connectivity index (χ4v) is 1.78. The van der Waals surface area contributed by atoms with Crippen LogP contribution in [0.4, 0.5) is 9.18 Å². The quantitative estimate of drug-likeness (QED) is 0.770. The Balaban J connectivity index is 1.73. The van der Waals surface area contributed by atoms with Gasteiger partial charge in [-0.2, -0.15) is 0 Å². The Morgan fingerprint density at radius 2 is 2.13 bits per heavy atom. The van der Waals surface area contributed by atoms with Gasteiger partial charge in [0.05, 0.1) is 6.54 Å². The molecule has 0 unspecified atom stereocenters. The molecular weight excluding hydrogens is 311 g/mol. The lowest BCUT2D eigenvalue weighted by Gasteiger charge is -2.11. The summed E-state index contributed by atoms with van der Waals surface area (Å²) in [5.41, 5.74) is 0.0497. The number of ether oxygens (including phenoxy) is 2. The van der Waals surface area contributed by atoms with E-state index in [4.69, 9.17) is 0 Å². The molecule has 23 heavy (non-hydrogen) atoms. The molecule has 8 nitrogen and oxygen atoms in total. The van der Waals surface area contributed by atoms with Gasteiger partial charge in [0, 0.05) is 5.56 Å². The number of carbonyl (C=O) groups excluding carboxylic acids is 4. The highest BCUT2D eigenvalue weighted by molar-refractivity contribution is 5.96. The number of cyclic esters (lactones) is 1. The lowest BCUT2D eigenvalue weighted by molar-refractivity contribution is -0.149. The smallest absolute Gasteiger partial charge is 0.416 e. The van der Waals surface area contributed by atoms with E-state index in [0.717, 1.165) is 11.0 Å². The summed E-state index contributed by atoms with van der Waals surface area (Å²) in [7, 11) is 0. The minimum absolute atomic E-state index is 0.0497. The monoisotopic (exact) mass is 324 g/mol. The summed E-state index contributed by atoms with van der Waals surface area (Å²) in [6.07, 6.45) is -0.787. The molecule has 1 saturated heterocycles. The topological polar surface area (TPSA) is 102 Å². The lowest BCUT2D eigenvalue weighted by Crippen LogP contribution is -2.37. The Kier molecular flexibility index (Phi) is 5.23. The van der Waals surface area contributed by atoms with Crippen LogP contribution in [0, 0.1) is 5.82 Å². The van der Waals surface area contributed by atoms with Crippen LogP contribution in [-0.2, 0) is 19.1 Å². The number of carbonyl (C=O) groups is 4. The van der Waals surface area contributed by atoms with Gasteiger partial charge in [0.25, 0.3) is 11.8 Å². The molecule has 2 rings (SSSR count). The maximum atomic E-state index is 13.0. The van der Waals surface area contributed by atoms with Crippen LogP contribution in [0.2, 0.25) is 0 Å². The van der Waals surface area contributed by atoms with Crippen molar-refractivity contribution in [3.8, 4) is 0 Å². The second kappa shape index (κ2) is 7.34. The summed E-state index contributed by atoms with van der Waals surface area (Å²) in [6.45, 7) is -0.926. The van der Waals surface area contributed by atoms with E-state index in [1.165, 1.54) is 18.2 Å². The number of esters is 1. The van der Waals surface area contributed by atoms with Crippen LogP contribution < -0.4 is 5.32 Å². The van der Waals surface area contributed by atoms with E-state index in [2.05, 4.69) is 14.8 Å². The first-order valence-electron chi connectivity index (χ1n) is 6.64. The highest BCUT2D eigenvalue weighted by Gasteiger charge is 2.28. The Morgan fingerprint density at radius 3 is 2.78 bits per heavy atom. The van der Waals surface area contributed by atoms with Gasteiger partial charge in [0.1, 0.15) is 19.0 Å². The van der Waals surface area contributed by atoms with Crippen LogP contribution in [0.3, 0.4) is 0 Å². The zero-order valence-electron chi connectivity index (χ0n) is 11.9. The standard InChI is InChI=1S/C14H13FN2O6/c15-10-3-1-2-9(6-10)13(20)16-7-12(19)23-8-11(18)17-4-5-22-14(17)21/h1-3,6H,4-5,7-8H2,(H,16,20). The van der Waals surface area contributed by atoms with Gasteiger partial charge in [-0.25, -0.2) is 14.1 Å². The van der Waals surface area contributed by atoms with Gasteiger partial charge in [-0.1, -0.05) is 6.07 Å². The second-order valence-electron chi connectivity index (χ2n) is 4.51. The van der Waals surface area contributed by atoms with Gasteiger partial charge >= 0.3 is 12.1 Å². The van der Waals surface area contributed by atoms with Crippen LogP contribution >= 0.6 is 0 Å². The average Bonchev–Trinajstić information content (AvgIpc) is 2.96. The van der Waals surface area contributed by atoms with Crippen molar-refractivity contribution >= 4 is 23.9 Å². The number of halogens is 1. The summed E-state index contributed by atoms with van der Waals surface area (Å²) in [6, 6.07) is 4.94. The molecule has 0 bridgehead atoms. The SMILES string of the molecule is O=C(CNC(=O)c1cccc(F)c1)OCC(=O)N1CCOC1=O. The summed E-state index contributed by atoms with van der Waals surface area (Å²) in [5.74, 6) is -2.81. The molecule has 0 saturated carbocycles. The van der Waals surface area contributed by atoms with Gasteiger partial charge in [-0.15, -0.1) is 0 Å². The molecule has 1 heterocycles. The first kappa shape index (κ1) is 16.4. The van der Waals surface area contributed by atoms with Gasteiger partial charge < -0.3 is 14.8 Å². The van der Waals surface area contributed by atoms with Crippen molar-refractivity contribution in [1.82, 2.24) is 10.2 Å². The normalized spacial score (nSPS) is 13.4. The molecule has 0 radical (unpaired) electrons. The van der Waals surface area contributed by atoms with Gasteiger partial charge in [0.15, 0.2) is 6.61 Å². The molecule has 1 aromatic rings. The summed E-state index contributed by atoms with van der Waals surface area (Å²) >= 11 is 0. The van der Waals surface area contributed by atoms with E-state index in [1.807, 2.05) is 0 Å². The van der Waals surface area contributed by atoms with E-state index >= 15 is 0 Å².